The molecule has 0 unspecified atom stereocenters. The summed E-state index contributed by atoms with van der Waals surface area (Å²) >= 11 is 0. The number of ether oxygens (including phenoxy) is 1. The third kappa shape index (κ3) is 2.09. The molecule has 1 amide bonds. The summed E-state index contributed by atoms with van der Waals surface area (Å²) in [6.07, 6.45) is 1.10. The number of amides is 1. The molecule has 6 heteroatoms. The van der Waals surface area contributed by atoms with Crippen molar-refractivity contribution in [3.05, 3.63) is 28.2 Å². The van der Waals surface area contributed by atoms with Gasteiger partial charge in [0.25, 0.3) is 0 Å². The molecule has 0 heterocycles. The van der Waals surface area contributed by atoms with Gasteiger partial charge in [-0.05, 0) is 35.7 Å². The van der Waals surface area contributed by atoms with Crippen LogP contribution in [0.4, 0.5) is 16.2 Å². The third-order valence-corrected chi connectivity index (χ3v) is 2.93. The van der Waals surface area contributed by atoms with Crippen molar-refractivity contribution in [2.75, 3.05) is 12.4 Å². The minimum atomic E-state index is -0.679. The minimum Gasteiger partial charge on any atom is -0.453 e. The van der Waals surface area contributed by atoms with Crippen molar-refractivity contribution in [2.24, 2.45) is 5.18 Å². The normalized spacial score (nSPS) is 13.7. The van der Waals surface area contributed by atoms with Gasteiger partial charge in [-0.3, -0.25) is 10.1 Å². The lowest BCUT2D eigenvalue weighted by Gasteiger charge is -2.17. The molecular weight excluding hydrogens is 236 g/mol. The van der Waals surface area contributed by atoms with Crippen LogP contribution in [0.15, 0.2) is 17.3 Å². The van der Waals surface area contributed by atoms with Gasteiger partial charge < -0.3 is 4.74 Å². The Kier molecular flexibility index (Phi) is 3.36. The highest BCUT2D eigenvalue weighted by Gasteiger charge is 2.23. The maximum absolute atomic E-state index is 11.7. The van der Waals surface area contributed by atoms with Crippen LogP contribution in [-0.2, 0) is 11.2 Å². The summed E-state index contributed by atoms with van der Waals surface area (Å²) in [6, 6.07) is 3.10. The molecule has 6 nitrogen and oxygen atoms in total. The predicted octanol–water partition coefficient (Wildman–Crippen LogP) is 2.78. The van der Waals surface area contributed by atoms with E-state index in [2.05, 4.69) is 15.2 Å². The molecule has 0 saturated heterocycles. The molecule has 0 aliphatic heterocycles. The fourth-order valence-corrected chi connectivity index (χ4v) is 2.08. The van der Waals surface area contributed by atoms with Gasteiger partial charge in [-0.2, -0.15) is 0 Å². The number of Topliss-reactive ketones (excluding diaryl/α,β-unsaturated/α-hetero) is 1. The van der Waals surface area contributed by atoms with E-state index in [1.54, 1.807) is 6.07 Å². The lowest BCUT2D eigenvalue weighted by Crippen LogP contribution is -2.14. The smallest absolute Gasteiger partial charge is 0.411 e. The fraction of sp³-hybridized carbons (Fsp3) is 0.333. The van der Waals surface area contributed by atoms with Gasteiger partial charge in [-0.15, -0.1) is 4.91 Å². The summed E-state index contributed by atoms with van der Waals surface area (Å²) in [5.41, 5.74) is 1.51. The molecule has 94 valence electrons. The van der Waals surface area contributed by atoms with Crippen LogP contribution in [0.5, 0.6) is 0 Å². The lowest BCUT2D eigenvalue weighted by atomic mass is 9.89. The summed E-state index contributed by atoms with van der Waals surface area (Å²) in [6.45, 7) is 0. The zero-order valence-electron chi connectivity index (χ0n) is 9.86. The highest BCUT2D eigenvalue weighted by atomic mass is 16.5. The Balaban J connectivity index is 2.47. The highest BCUT2D eigenvalue weighted by molar-refractivity contribution is 6.02. The number of carbonyl (C=O) groups excluding carboxylic acids is 2. The SMILES string of the molecule is COC(=O)Nc1ccc2c(c1N=O)CCCC2=O. The second-order valence-electron chi connectivity index (χ2n) is 3.97. The average molecular weight is 248 g/mol. The first kappa shape index (κ1) is 12.2. The summed E-state index contributed by atoms with van der Waals surface area (Å²) in [5.74, 6) is 0.00534. The number of rotatable bonds is 2. The number of nitroso groups, excluding NO2 is 1. The molecule has 2 rings (SSSR count). The molecule has 1 aliphatic rings. The fourth-order valence-electron chi connectivity index (χ4n) is 2.08. The molecule has 1 aliphatic carbocycles. The Morgan fingerprint density at radius 3 is 2.83 bits per heavy atom. The number of fused-ring (bicyclic) bond motifs is 1. The number of nitrogens with one attached hydrogen (secondary N) is 1. The van der Waals surface area contributed by atoms with Gasteiger partial charge in [0.1, 0.15) is 5.69 Å². The standard InChI is InChI=1S/C12H12N2O4/c1-18-12(16)13-9-6-5-7-8(11(9)14-17)3-2-4-10(7)15/h5-6H,2-4H2,1H3,(H,13,16). The highest BCUT2D eigenvalue weighted by Crippen LogP contribution is 2.36. The van der Waals surface area contributed by atoms with Gasteiger partial charge in [0, 0.05) is 12.0 Å². The zero-order chi connectivity index (χ0) is 13.1. The van der Waals surface area contributed by atoms with Crippen molar-refractivity contribution < 1.29 is 14.3 Å². The number of hydrogen-bond acceptors (Lipinski definition) is 5. The largest absolute Gasteiger partial charge is 0.453 e. The van der Waals surface area contributed by atoms with E-state index in [0.29, 0.717) is 30.4 Å². The molecule has 1 aromatic rings. The molecule has 0 fully saturated rings. The van der Waals surface area contributed by atoms with E-state index in [9.17, 15) is 14.5 Å². The topological polar surface area (TPSA) is 84.8 Å². The van der Waals surface area contributed by atoms with Crippen LogP contribution in [0.2, 0.25) is 0 Å². The first-order chi connectivity index (χ1) is 8.67. The van der Waals surface area contributed by atoms with Gasteiger partial charge in [0.2, 0.25) is 0 Å². The number of anilines is 1. The first-order valence-electron chi connectivity index (χ1n) is 5.54. The van der Waals surface area contributed by atoms with Gasteiger partial charge in [0.05, 0.1) is 12.8 Å². The van der Waals surface area contributed by atoms with Crippen LogP contribution in [0, 0.1) is 4.91 Å². The predicted molar refractivity (Wildman–Crippen MR) is 65.2 cm³/mol. The van der Waals surface area contributed by atoms with Crippen molar-refractivity contribution >= 4 is 23.3 Å². The molecule has 0 aromatic heterocycles. The van der Waals surface area contributed by atoms with Crippen molar-refractivity contribution in [2.45, 2.75) is 19.3 Å². The van der Waals surface area contributed by atoms with E-state index < -0.39 is 6.09 Å². The van der Waals surface area contributed by atoms with Gasteiger partial charge in [-0.25, -0.2) is 4.79 Å². The van der Waals surface area contributed by atoms with Gasteiger partial charge in [-0.1, -0.05) is 0 Å². The zero-order valence-corrected chi connectivity index (χ0v) is 9.86. The Morgan fingerprint density at radius 2 is 2.17 bits per heavy atom. The molecule has 0 spiro atoms. The number of hydrogen-bond donors (Lipinski definition) is 1. The summed E-state index contributed by atoms with van der Waals surface area (Å²) in [5, 5.41) is 5.34. The second-order valence-corrected chi connectivity index (χ2v) is 3.97. The molecule has 1 aromatic carbocycles. The number of nitrogens with zero attached hydrogens (tertiary/aromatic N) is 1. The lowest BCUT2D eigenvalue weighted by molar-refractivity contribution is 0.0972. The third-order valence-electron chi connectivity index (χ3n) is 2.93. The van der Waals surface area contributed by atoms with Crippen molar-refractivity contribution in [3.63, 3.8) is 0 Å². The maximum atomic E-state index is 11.7. The van der Waals surface area contributed by atoms with E-state index >= 15 is 0 Å². The Bertz CT molecular complexity index is 525. The van der Waals surface area contributed by atoms with Crippen LogP contribution in [0.3, 0.4) is 0 Å². The number of methoxy groups -OCH3 is 1. The number of benzene rings is 1. The van der Waals surface area contributed by atoms with E-state index in [0.717, 1.165) is 0 Å². The van der Waals surface area contributed by atoms with Crippen LogP contribution < -0.4 is 5.32 Å². The minimum absolute atomic E-state index is 0.00534. The molecule has 0 atom stereocenters. The van der Waals surface area contributed by atoms with Crippen LogP contribution in [-0.4, -0.2) is 19.0 Å². The van der Waals surface area contributed by atoms with E-state index in [-0.39, 0.29) is 17.2 Å². The molecule has 0 radical (unpaired) electrons. The Labute approximate surface area is 103 Å². The molecule has 1 N–H and O–H groups in total. The van der Waals surface area contributed by atoms with E-state index in [4.69, 9.17) is 0 Å². The quantitative estimate of drug-likeness (QED) is 0.815. The monoisotopic (exact) mass is 248 g/mol. The van der Waals surface area contributed by atoms with Gasteiger partial charge >= 0.3 is 6.09 Å². The van der Waals surface area contributed by atoms with Crippen molar-refractivity contribution in [3.8, 4) is 0 Å². The average Bonchev–Trinajstić information content (AvgIpc) is 2.38. The summed E-state index contributed by atoms with van der Waals surface area (Å²) in [7, 11) is 1.23. The Morgan fingerprint density at radius 1 is 1.39 bits per heavy atom. The van der Waals surface area contributed by atoms with Crippen molar-refractivity contribution in [1.82, 2.24) is 0 Å². The van der Waals surface area contributed by atoms with Crippen LogP contribution in [0.25, 0.3) is 0 Å². The van der Waals surface area contributed by atoms with Crippen LogP contribution >= 0.6 is 0 Å². The molecular formula is C12H12N2O4. The van der Waals surface area contributed by atoms with E-state index in [1.165, 1.54) is 13.2 Å². The number of carbonyl (C=O) groups is 2. The maximum Gasteiger partial charge on any atom is 0.411 e. The van der Waals surface area contributed by atoms with Gasteiger partial charge in [0.15, 0.2) is 5.78 Å². The Hall–Kier alpha value is -2.24. The van der Waals surface area contributed by atoms with Crippen LogP contribution in [0.1, 0.15) is 28.8 Å². The summed E-state index contributed by atoms with van der Waals surface area (Å²) < 4.78 is 4.46. The number of ketones is 1. The summed E-state index contributed by atoms with van der Waals surface area (Å²) in [4.78, 5) is 33.7. The molecule has 18 heavy (non-hydrogen) atoms. The van der Waals surface area contributed by atoms with E-state index in [1.807, 2.05) is 0 Å². The molecule has 0 bridgehead atoms. The molecule has 0 saturated carbocycles. The first-order valence-corrected chi connectivity index (χ1v) is 5.54. The second kappa shape index (κ2) is 4.95. The van der Waals surface area contributed by atoms with Crippen molar-refractivity contribution in [1.29, 1.82) is 0 Å².